The molecule has 0 unspecified atom stereocenters. The van der Waals surface area contributed by atoms with Crippen molar-refractivity contribution in [1.29, 1.82) is 0 Å². The lowest BCUT2D eigenvalue weighted by Gasteiger charge is -2.16. The molecule has 0 bridgehead atoms. The molecule has 2 aromatic carbocycles. The summed E-state index contributed by atoms with van der Waals surface area (Å²) in [4.78, 5) is 33.0. The third-order valence-corrected chi connectivity index (χ3v) is 6.35. The molecule has 2 amide bonds. The van der Waals surface area contributed by atoms with Crippen molar-refractivity contribution in [3.05, 3.63) is 65.7 Å². The van der Waals surface area contributed by atoms with Crippen LogP contribution in [0.1, 0.15) is 22.8 Å². The number of aromatic nitrogens is 2. The minimum Gasteiger partial charge on any atom is -0.368 e. The first-order valence-corrected chi connectivity index (χ1v) is 13.3. The monoisotopic (exact) mass is 510 g/mol. The molecule has 0 aliphatic rings. The zero-order valence-corrected chi connectivity index (χ0v) is 21.3. The standard InChI is InChI=1S/C25H30N6O4S/c1-17-22(27-14-13-26-18(2)32)30-24(19-7-5-4-6-8-19)31-23(17)28-15-16-29-25(33)20-9-11-21(12-10-20)36(3,34)35/h4-12H,13-16H2,1-3H3,(H,26,32)(H,29,33)(H2,27,28,30,31). The van der Waals surface area contributed by atoms with E-state index in [2.05, 4.69) is 31.2 Å². The molecule has 1 heterocycles. The van der Waals surface area contributed by atoms with Gasteiger partial charge >= 0.3 is 0 Å². The highest BCUT2D eigenvalue weighted by molar-refractivity contribution is 7.90. The summed E-state index contributed by atoms with van der Waals surface area (Å²) < 4.78 is 23.2. The van der Waals surface area contributed by atoms with E-state index >= 15 is 0 Å². The first kappa shape index (κ1) is 26.6. The maximum absolute atomic E-state index is 12.4. The van der Waals surface area contributed by atoms with Crippen molar-refractivity contribution in [3.8, 4) is 11.4 Å². The summed E-state index contributed by atoms with van der Waals surface area (Å²) in [5, 5.41) is 12.1. The number of hydrogen-bond acceptors (Lipinski definition) is 8. The summed E-state index contributed by atoms with van der Waals surface area (Å²) >= 11 is 0. The van der Waals surface area contributed by atoms with Gasteiger partial charge in [0.25, 0.3) is 5.91 Å². The lowest BCUT2D eigenvalue weighted by molar-refractivity contribution is -0.118. The number of nitrogens with zero attached hydrogens (tertiary/aromatic N) is 2. The molecule has 0 saturated heterocycles. The number of carbonyl (C=O) groups is 2. The Morgan fingerprint density at radius 1 is 0.806 bits per heavy atom. The summed E-state index contributed by atoms with van der Waals surface area (Å²) in [7, 11) is -3.32. The molecule has 0 radical (unpaired) electrons. The third kappa shape index (κ3) is 7.51. The molecule has 3 rings (SSSR count). The highest BCUT2D eigenvalue weighted by Gasteiger charge is 2.13. The van der Waals surface area contributed by atoms with E-state index in [-0.39, 0.29) is 16.7 Å². The molecule has 4 N–H and O–H groups in total. The third-order valence-electron chi connectivity index (χ3n) is 5.22. The Morgan fingerprint density at radius 3 is 1.89 bits per heavy atom. The van der Waals surface area contributed by atoms with Crippen LogP contribution in [0.4, 0.5) is 11.6 Å². The van der Waals surface area contributed by atoms with Crippen LogP contribution < -0.4 is 21.3 Å². The van der Waals surface area contributed by atoms with Crippen molar-refractivity contribution < 1.29 is 18.0 Å². The Bertz CT molecular complexity index is 1310. The molecule has 3 aromatic rings. The number of amides is 2. The molecule has 11 heteroatoms. The largest absolute Gasteiger partial charge is 0.368 e. The highest BCUT2D eigenvalue weighted by Crippen LogP contribution is 2.25. The van der Waals surface area contributed by atoms with Gasteiger partial charge < -0.3 is 21.3 Å². The smallest absolute Gasteiger partial charge is 0.251 e. The van der Waals surface area contributed by atoms with Crippen molar-refractivity contribution in [2.45, 2.75) is 18.7 Å². The van der Waals surface area contributed by atoms with E-state index in [9.17, 15) is 18.0 Å². The van der Waals surface area contributed by atoms with Crippen LogP contribution in [-0.4, -0.2) is 62.6 Å². The number of rotatable bonds is 11. The number of carbonyl (C=O) groups excluding carboxylic acids is 2. The quantitative estimate of drug-likeness (QED) is 0.288. The molecule has 0 fully saturated rings. The summed E-state index contributed by atoms with van der Waals surface area (Å²) in [5.41, 5.74) is 2.04. The zero-order chi connectivity index (χ0) is 26.1. The number of hydrogen-bond donors (Lipinski definition) is 4. The van der Waals surface area contributed by atoms with Gasteiger partial charge in [0.15, 0.2) is 15.7 Å². The summed E-state index contributed by atoms with van der Waals surface area (Å²) in [6.45, 7) is 5.04. The second kappa shape index (κ2) is 12.1. The molecule has 10 nitrogen and oxygen atoms in total. The van der Waals surface area contributed by atoms with Crippen molar-refractivity contribution in [3.63, 3.8) is 0 Å². The first-order valence-electron chi connectivity index (χ1n) is 11.4. The highest BCUT2D eigenvalue weighted by atomic mass is 32.2. The molecule has 0 aliphatic heterocycles. The van der Waals surface area contributed by atoms with Crippen LogP contribution in [-0.2, 0) is 14.6 Å². The number of anilines is 2. The fourth-order valence-corrected chi connectivity index (χ4v) is 3.94. The molecule has 190 valence electrons. The molecule has 36 heavy (non-hydrogen) atoms. The predicted octanol–water partition coefficient (Wildman–Crippen LogP) is 2.25. The van der Waals surface area contributed by atoms with Gasteiger partial charge in [-0.25, -0.2) is 18.4 Å². The Balaban J connectivity index is 1.66. The van der Waals surface area contributed by atoms with Crippen LogP contribution in [0.25, 0.3) is 11.4 Å². The zero-order valence-electron chi connectivity index (χ0n) is 20.5. The Kier molecular flexibility index (Phi) is 8.96. The fourth-order valence-electron chi connectivity index (χ4n) is 3.31. The number of nitrogens with one attached hydrogen (secondary N) is 4. The summed E-state index contributed by atoms with van der Waals surface area (Å²) in [5.74, 6) is 1.41. The van der Waals surface area contributed by atoms with Gasteiger partial charge in [-0.2, -0.15) is 0 Å². The molecule has 0 saturated carbocycles. The topological polar surface area (TPSA) is 142 Å². The van der Waals surface area contributed by atoms with E-state index in [0.717, 1.165) is 17.4 Å². The minimum atomic E-state index is -3.32. The van der Waals surface area contributed by atoms with Gasteiger partial charge in [0.05, 0.1) is 4.90 Å². The average Bonchev–Trinajstić information content (AvgIpc) is 2.85. The maximum atomic E-state index is 12.4. The fraction of sp³-hybridized carbons (Fsp3) is 0.280. The van der Waals surface area contributed by atoms with Crippen LogP contribution >= 0.6 is 0 Å². The predicted molar refractivity (Wildman–Crippen MR) is 140 cm³/mol. The molecular weight excluding hydrogens is 480 g/mol. The van der Waals surface area contributed by atoms with Gasteiger partial charge in [0.2, 0.25) is 5.91 Å². The van der Waals surface area contributed by atoms with Crippen LogP contribution in [0.3, 0.4) is 0 Å². The van der Waals surface area contributed by atoms with E-state index in [1.807, 2.05) is 37.3 Å². The van der Waals surface area contributed by atoms with Crippen molar-refractivity contribution in [2.75, 3.05) is 43.1 Å². The SMILES string of the molecule is CC(=O)NCCNc1nc(-c2ccccc2)nc(NCCNC(=O)c2ccc(S(C)(=O)=O)cc2)c1C. The summed E-state index contributed by atoms with van der Waals surface area (Å²) in [6.07, 6.45) is 1.12. The van der Waals surface area contributed by atoms with Crippen LogP contribution in [0.2, 0.25) is 0 Å². The van der Waals surface area contributed by atoms with Crippen molar-refractivity contribution in [2.24, 2.45) is 0 Å². The van der Waals surface area contributed by atoms with Crippen LogP contribution in [0.5, 0.6) is 0 Å². The van der Waals surface area contributed by atoms with E-state index in [0.29, 0.717) is 49.2 Å². The molecule has 0 atom stereocenters. The van der Waals surface area contributed by atoms with E-state index < -0.39 is 9.84 Å². The van der Waals surface area contributed by atoms with Crippen molar-refractivity contribution in [1.82, 2.24) is 20.6 Å². The van der Waals surface area contributed by atoms with Gasteiger partial charge in [-0.1, -0.05) is 30.3 Å². The van der Waals surface area contributed by atoms with E-state index in [1.54, 1.807) is 0 Å². The van der Waals surface area contributed by atoms with Gasteiger partial charge in [0.1, 0.15) is 11.6 Å². The molecule has 0 aliphatic carbocycles. The molecular formula is C25H30N6O4S. The Labute approximate surface area is 210 Å². The summed E-state index contributed by atoms with van der Waals surface area (Å²) in [6, 6.07) is 15.4. The lowest BCUT2D eigenvalue weighted by atomic mass is 10.2. The Morgan fingerprint density at radius 2 is 1.36 bits per heavy atom. The van der Waals surface area contributed by atoms with Gasteiger partial charge in [-0.15, -0.1) is 0 Å². The maximum Gasteiger partial charge on any atom is 0.251 e. The lowest BCUT2D eigenvalue weighted by Crippen LogP contribution is -2.29. The van der Waals surface area contributed by atoms with Gasteiger partial charge in [-0.05, 0) is 31.2 Å². The van der Waals surface area contributed by atoms with Crippen LogP contribution in [0.15, 0.2) is 59.5 Å². The molecule has 0 spiro atoms. The van der Waals surface area contributed by atoms with Gasteiger partial charge in [0, 0.05) is 56.0 Å². The minimum absolute atomic E-state index is 0.100. The Hall–Kier alpha value is -3.99. The number of sulfone groups is 1. The van der Waals surface area contributed by atoms with Crippen molar-refractivity contribution >= 4 is 33.3 Å². The number of benzene rings is 2. The molecule has 1 aromatic heterocycles. The van der Waals surface area contributed by atoms with Gasteiger partial charge in [-0.3, -0.25) is 9.59 Å². The normalized spacial score (nSPS) is 11.0. The first-order chi connectivity index (χ1) is 17.1. The van der Waals surface area contributed by atoms with Crippen LogP contribution in [0, 0.1) is 6.92 Å². The van der Waals surface area contributed by atoms with E-state index in [1.165, 1.54) is 31.2 Å². The average molecular weight is 511 g/mol. The van der Waals surface area contributed by atoms with E-state index in [4.69, 9.17) is 0 Å². The second-order valence-electron chi connectivity index (χ2n) is 8.12. The second-order valence-corrected chi connectivity index (χ2v) is 10.1.